The maximum absolute atomic E-state index is 13.6. The van der Waals surface area contributed by atoms with Crippen LogP contribution in [0.5, 0.6) is 5.75 Å². The van der Waals surface area contributed by atoms with Gasteiger partial charge in [0.15, 0.2) is 0 Å². The number of terminal acetylenes is 1. The number of rotatable bonds is 11. The van der Waals surface area contributed by atoms with Crippen LogP contribution < -0.4 is 9.46 Å². The van der Waals surface area contributed by atoms with Crippen molar-refractivity contribution in [1.82, 2.24) is 9.62 Å². The molecular formula is C22H27FN2O3S. The summed E-state index contributed by atoms with van der Waals surface area (Å²) in [5.74, 6) is 2.67. The Morgan fingerprint density at radius 3 is 2.59 bits per heavy atom. The molecule has 0 bridgehead atoms. The number of likely N-dealkylation sites (N-methyl/N-ethyl adjacent to an activating group) is 1. The van der Waals surface area contributed by atoms with E-state index in [4.69, 9.17) is 11.2 Å². The molecule has 156 valence electrons. The Balaban J connectivity index is 1.95. The summed E-state index contributed by atoms with van der Waals surface area (Å²) < 4.78 is 45.8. The Labute approximate surface area is 172 Å². The fourth-order valence-corrected chi connectivity index (χ4v) is 3.70. The van der Waals surface area contributed by atoms with Crippen molar-refractivity contribution in [3.63, 3.8) is 0 Å². The topological polar surface area (TPSA) is 58.6 Å². The second kappa shape index (κ2) is 11.0. The van der Waals surface area contributed by atoms with Crippen LogP contribution in [0.1, 0.15) is 24.5 Å². The zero-order chi connectivity index (χ0) is 21.3. The van der Waals surface area contributed by atoms with Gasteiger partial charge in [0.2, 0.25) is 10.0 Å². The number of hydrogen-bond acceptors (Lipinski definition) is 4. The van der Waals surface area contributed by atoms with Crippen LogP contribution in [0.3, 0.4) is 0 Å². The van der Waals surface area contributed by atoms with Crippen LogP contribution in [0.4, 0.5) is 4.39 Å². The van der Waals surface area contributed by atoms with Gasteiger partial charge in [-0.3, -0.25) is 0 Å². The third-order valence-corrected chi connectivity index (χ3v) is 5.72. The Morgan fingerprint density at radius 2 is 1.93 bits per heavy atom. The van der Waals surface area contributed by atoms with E-state index in [-0.39, 0.29) is 17.3 Å². The first kappa shape index (κ1) is 22.9. The molecule has 7 heteroatoms. The molecule has 5 nitrogen and oxygen atoms in total. The maximum atomic E-state index is 13.6. The number of sulfonamides is 1. The Morgan fingerprint density at radius 1 is 1.21 bits per heavy atom. The average Bonchev–Trinajstić information content (AvgIpc) is 2.70. The summed E-state index contributed by atoms with van der Waals surface area (Å²) in [6.45, 7) is 3.86. The van der Waals surface area contributed by atoms with Gasteiger partial charge in [-0.15, -0.1) is 6.42 Å². The molecule has 1 N–H and O–H groups in total. The fraction of sp³-hybridized carbons (Fsp3) is 0.364. The number of hydrogen-bond donors (Lipinski definition) is 1. The van der Waals surface area contributed by atoms with Crippen molar-refractivity contribution in [1.29, 1.82) is 0 Å². The lowest BCUT2D eigenvalue weighted by Crippen LogP contribution is -2.24. The van der Waals surface area contributed by atoms with Gasteiger partial charge in [-0.05, 0) is 55.8 Å². The number of halogens is 1. The third kappa shape index (κ3) is 7.17. The van der Waals surface area contributed by atoms with Crippen molar-refractivity contribution in [3.05, 3.63) is 59.4 Å². The molecule has 0 heterocycles. The highest BCUT2D eigenvalue weighted by atomic mass is 32.2. The fourth-order valence-electron chi connectivity index (χ4n) is 2.77. The van der Waals surface area contributed by atoms with Crippen molar-refractivity contribution >= 4 is 10.0 Å². The van der Waals surface area contributed by atoms with Gasteiger partial charge in [0.05, 0.1) is 18.0 Å². The van der Waals surface area contributed by atoms with Crippen molar-refractivity contribution in [2.75, 3.05) is 26.7 Å². The van der Waals surface area contributed by atoms with Gasteiger partial charge in [-0.2, -0.15) is 4.72 Å². The minimum atomic E-state index is -3.58. The molecule has 0 fully saturated rings. The third-order valence-electron chi connectivity index (χ3n) is 4.30. The molecular weight excluding hydrogens is 391 g/mol. The number of ether oxygens (including phenoxy) is 1. The first-order valence-corrected chi connectivity index (χ1v) is 11.0. The van der Waals surface area contributed by atoms with Crippen LogP contribution in [0, 0.1) is 18.2 Å². The molecule has 0 amide bonds. The smallest absolute Gasteiger partial charge is 0.241 e. The van der Waals surface area contributed by atoms with Gasteiger partial charge < -0.3 is 9.64 Å². The molecule has 0 aliphatic rings. The molecule has 0 aromatic heterocycles. The molecule has 2 rings (SSSR count). The Kier molecular flexibility index (Phi) is 8.65. The van der Waals surface area contributed by atoms with Gasteiger partial charge >= 0.3 is 0 Å². The summed E-state index contributed by atoms with van der Waals surface area (Å²) in [6.07, 6.45) is 6.71. The van der Waals surface area contributed by atoms with Crippen LogP contribution in [0.15, 0.2) is 47.4 Å². The van der Waals surface area contributed by atoms with Crippen molar-refractivity contribution in [2.45, 2.75) is 31.2 Å². The number of nitrogens with one attached hydrogen (secondary N) is 1. The van der Waals surface area contributed by atoms with E-state index in [1.54, 1.807) is 30.3 Å². The van der Waals surface area contributed by atoms with E-state index in [1.807, 2.05) is 14.0 Å². The molecule has 0 spiro atoms. The summed E-state index contributed by atoms with van der Waals surface area (Å²) in [7, 11) is -1.62. The van der Waals surface area contributed by atoms with E-state index in [0.717, 1.165) is 30.5 Å². The van der Waals surface area contributed by atoms with E-state index < -0.39 is 10.0 Å². The molecule has 0 atom stereocenters. The van der Waals surface area contributed by atoms with Gasteiger partial charge in [-0.1, -0.05) is 25.0 Å². The first-order valence-electron chi connectivity index (χ1n) is 9.47. The zero-order valence-electron chi connectivity index (χ0n) is 16.8. The summed E-state index contributed by atoms with van der Waals surface area (Å²) in [4.78, 5) is 2.26. The highest BCUT2D eigenvalue weighted by Crippen LogP contribution is 2.21. The summed E-state index contributed by atoms with van der Waals surface area (Å²) in [5.41, 5.74) is 1.82. The number of nitrogens with zero attached hydrogens (tertiary/aromatic N) is 1. The molecule has 0 aliphatic heterocycles. The highest BCUT2D eigenvalue weighted by Gasteiger charge is 2.13. The van der Waals surface area contributed by atoms with Gasteiger partial charge in [0.25, 0.3) is 0 Å². The Hall–Kier alpha value is -2.40. The minimum Gasteiger partial charge on any atom is -0.493 e. The van der Waals surface area contributed by atoms with E-state index in [1.165, 1.54) is 12.1 Å². The normalized spacial score (nSPS) is 11.4. The van der Waals surface area contributed by atoms with Crippen LogP contribution in [0.2, 0.25) is 0 Å². The SMILES string of the molecule is C#CCNS(=O)(=O)c1ccc(CCN(C)Cc2cc(F)ccc2OCCC)cc1. The maximum Gasteiger partial charge on any atom is 0.241 e. The van der Waals surface area contributed by atoms with Gasteiger partial charge in [0, 0.05) is 18.7 Å². The zero-order valence-corrected chi connectivity index (χ0v) is 17.6. The van der Waals surface area contributed by atoms with E-state index in [9.17, 15) is 12.8 Å². The molecule has 0 radical (unpaired) electrons. The lowest BCUT2D eigenvalue weighted by atomic mass is 10.1. The van der Waals surface area contributed by atoms with Crippen LogP contribution >= 0.6 is 0 Å². The monoisotopic (exact) mass is 418 g/mol. The average molecular weight is 419 g/mol. The highest BCUT2D eigenvalue weighted by molar-refractivity contribution is 7.89. The standard InChI is InChI=1S/C22H27FN2O3S/c1-4-13-24-29(26,27)21-9-6-18(7-10-21)12-14-25(3)17-19-16-20(23)8-11-22(19)28-15-5-2/h1,6-11,16,24H,5,12-15,17H2,2-3H3. The summed E-state index contributed by atoms with van der Waals surface area (Å²) in [5, 5.41) is 0. The quantitative estimate of drug-likeness (QED) is 0.570. The first-order chi connectivity index (χ1) is 13.9. The van der Waals surface area contributed by atoms with Crippen LogP contribution in [-0.2, 0) is 23.0 Å². The van der Waals surface area contributed by atoms with Crippen molar-refractivity contribution < 1.29 is 17.5 Å². The van der Waals surface area contributed by atoms with E-state index in [0.29, 0.717) is 18.9 Å². The molecule has 0 aliphatic carbocycles. The summed E-state index contributed by atoms with van der Waals surface area (Å²) >= 11 is 0. The van der Waals surface area contributed by atoms with Gasteiger partial charge in [0.1, 0.15) is 11.6 Å². The molecule has 0 unspecified atom stereocenters. The lowest BCUT2D eigenvalue weighted by molar-refractivity contribution is 0.293. The minimum absolute atomic E-state index is 0.0427. The predicted octanol–water partition coefficient (Wildman–Crippen LogP) is 3.20. The second-order valence-corrected chi connectivity index (χ2v) is 8.53. The van der Waals surface area contributed by atoms with E-state index >= 15 is 0 Å². The predicted molar refractivity (Wildman–Crippen MR) is 113 cm³/mol. The largest absolute Gasteiger partial charge is 0.493 e. The molecule has 29 heavy (non-hydrogen) atoms. The number of benzene rings is 2. The van der Waals surface area contributed by atoms with Crippen molar-refractivity contribution in [2.24, 2.45) is 0 Å². The van der Waals surface area contributed by atoms with Gasteiger partial charge in [-0.25, -0.2) is 12.8 Å². The molecule has 0 saturated carbocycles. The Bertz CT molecular complexity index is 938. The van der Waals surface area contributed by atoms with Crippen LogP contribution in [-0.4, -0.2) is 40.1 Å². The lowest BCUT2D eigenvalue weighted by Gasteiger charge is -2.19. The van der Waals surface area contributed by atoms with Crippen molar-refractivity contribution in [3.8, 4) is 18.1 Å². The van der Waals surface area contributed by atoms with E-state index in [2.05, 4.69) is 15.5 Å². The molecule has 2 aromatic carbocycles. The summed E-state index contributed by atoms with van der Waals surface area (Å²) in [6, 6.07) is 11.3. The second-order valence-electron chi connectivity index (χ2n) is 6.76. The molecule has 2 aromatic rings. The van der Waals surface area contributed by atoms with Crippen LogP contribution in [0.25, 0.3) is 0 Å². The molecule has 0 saturated heterocycles.